The Hall–Kier alpha value is -2.96. The molecule has 2 aliphatic heterocycles. The van der Waals surface area contributed by atoms with E-state index in [1.807, 2.05) is 17.0 Å². The number of nitrogens with zero attached hydrogens (tertiary/aromatic N) is 2. The van der Waals surface area contributed by atoms with Crippen LogP contribution in [-0.2, 0) is 17.6 Å². The molecule has 2 atom stereocenters. The van der Waals surface area contributed by atoms with Crippen LogP contribution in [-0.4, -0.2) is 52.8 Å². The Morgan fingerprint density at radius 2 is 2.06 bits per heavy atom. The van der Waals surface area contributed by atoms with Gasteiger partial charge in [-0.25, -0.2) is 4.98 Å². The molecule has 0 bridgehead atoms. The van der Waals surface area contributed by atoms with Crippen molar-refractivity contribution in [3.05, 3.63) is 76.9 Å². The lowest BCUT2D eigenvalue weighted by Crippen LogP contribution is -2.53. The molecule has 2 aromatic carbocycles. The number of hydrogen-bond donors (Lipinski definition) is 1. The topological polar surface area (TPSA) is 75.8 Å². The van der Waals surface area contributed by atoms with Crippen molar-refractivity contribution < 1.29 is 19.1 Å². The number of amides is 1. The second-order valence-electron chi connectivity index (χ2n) is 8.43. The van der Waals surface area contributed by atoms with Gasteiger partial charge in [0, 0.05) is 24.3 Å². The van der Waals surface area contributed by atoms with Crippen LogP contribution in [0, 0.1) is 6.92 Å². The molecule has 0 saturated carbocycles. The monoisotopic (exact) mass is 418 g/mol. The fourth-order valence-corrected chi connectivity index (χ4v) is 4.67. The Balaban J connectivity index is 1.38. The minimum atomic E-state index is -0.618. The number of ether oxygens (including phenoxy) is 1. The van der Waals surface area contributed by atoms with E-state index in [-0.39, 0.29) is 11.9 Å². The molecule has 0 aliphatic carbocycles. The van der Waals surface area contributed by atoms with Crippen molar-refractivity contribution in [1.29, 1.82) is 0 Å². The number of benzene rings is 2. The van der Waals surface area contributed by atoms with E-state index in [2.05, 4.69) is 36.2 Å². The molecule has 1 fully saturated rings. The molecule has 3 aromatic rings. The third-order valence-electron chi connectivity index (χ3n) is 6.44. The molecule has 31 heavy (non-hydrogen) atoms. The molecule has 0 unspecified atom stereocenters. The van der Waals surface area contributed by atoms with Crippen LogP contribution in [0.3, 0.4) is 0 Å². The van der Waals surface area contributed by atoms with Crippen molar-refractivity contribution in [3.63, 3.8) is 0 Å². The average Bonchev–Trinajstić information content (AvgIpc) is 3.31. The van der Waals surface area contributed by atoms with Crippen LogP contribution in [0.2, 0.25) is 0 Å². The number of aromatic nitrogens is 1. The average molecular weight is 418 g/mol. The summed E-state index contributed by atoms with van der Waals surface area (Å²) in [7, 11) is 0. The van der Waals surface area contributed by atoms with Crippen LogP contribution in [0.15, 0.2) is 53.5 Å². The smallest absolute Gasteiger partial charge is 0.254 e. The lowest BCUT2D eigenvalue weighted by molar-refractivity contribution is -0.0577. The van der Waals surface area contributed by atoms with Gasteiger partial charge in [-0.2, -0.15) is 0 Å². The number of aryl methyl sites for hydroxylation is 1. The summed E-state index contributed by atoms with van der Waals surface area (Å²) in [5.74, 6) is 0.0230. The van der Waals surface area contributed by atoms with Gasteiger partial charge >= 0.3 is 0 Å². The summed E-state index contributed by atoms with van der Waals surface area (Å²) in [6.45, 7) is 3.64. The molecular formula is C25H26N2O4. The molecule has 6 nitrogen and oxygen atoms in total. The van der Waals surface area contributed by atoms with Crippen molar-refractivity contribution in [2.75, 3.05) is 19.8 Å². The number of carbonyl (C=O) groups is 1. The van der Waals surface area contributed by atoms with Crippen LogP contribution in [0.25, 0.3) is 11.3 Å². The van der Waals surface area contributed by atoms with Gasteiger partial charge in [0.2, 0.25) is 0 Å². The van der Waals surface area contributed by atoms with E-state index in [9.17, 15) is 9.90 Å². The maximum absolute atomic E-state index is 13.3. The summed E-state index contributed by atoms with van der Waals surface area (Å²) < 4.78 is 10.4. The molecule has 1 amide bonds. The standard InChI is InChI=1S/C25H26N2O4/c1-16-10-19-6-8-27(23-7-9-30-14-24(23)28)25(29)21(19)12-20(16)11-17-2-4-18(5-3-17)22-13-31-15-26-22/h2-5,10,12-13,15,23-24,28H,6-9,11,14H2,1H3/t23-,24-/m0/s1. The zero-order valence-corrected chi connectivity index (χ0v) is 17.6. The summed E-state index contributed by atoms with van der Waals surface area (Å²) >= 11 is 0. The Morgan fingerprint density at radius 1 is 1.23 bits per heavy atom. The normalized spacial score (nSPS) is 21.2. The highest BCUT2D eigenvalue weighted by atomic mass is 16.5. The predicted molar refractivity (Wildman–Crippen MR) is 116 cm³/mol. The van der Waals surface area contributed by atoms with Crippen molar-refractivity contribution in [3.8, 4) is 11.3 Å². The fraction of sp³-hybridized carbons (Fsp3) is 0.360. The van der Waals surface area contributed by atoms with E-state index in [1.165, 1.54) is 17.5 Å². The molecule has 0 spiro atoms. The fourth-order valence-electron chi connectivity index (χ4n) is 4.67. The highest BCUT2D eigenvalue weighted by Crippen LogP contribution is 2.28. The number of oxazole rings is 1. The highest BCUT2D eigenvalue weighted by molar-refractivity contribution is 5.97. The SMILES string of the molecule is Cc1cc2c(cc1Cc1ccc(-c3cocn3)cc1)C(=O)N([C@H]1CCOC[C@@H]1O)CC2. The second kappa shape index (κ2) is 8.29. The van der Waals surface area contributed by atoms with Crippen LogP contribution in [0.1, 0.15) is 39.0 Å². The van der Waals surface area contributed by atoms with Gasteiger partial charge in [-0.05, 0) is 54.5 Å². The summed E-state index contributed by atoms with van der Waals surface area (Å²) in [4.78, 5) is 19.3. The van der Waals surface area contributed by atoms with Gasteiger partial charge < -0.3 is 19.2 Å². The first kappa shape index (κ1) is 20.0. The van der Waals surface area contributed by atoms with Gasteiger partial charge in [0.1, 0.15) is 12.0 Å². The minimum Gasteiger partial charge on any atom is -0.451 e. The van der Waals surface area contributed by atoms with Crippen LogP contribution in [0.5, 0.6) is 0 Å². The first-order chi connectivity index (χ1) is 15.1. The van der Waals surface area contributed by atoms with E-state index in [1.54, 1.807) is 6.26 Å². The molecule has 1 saturated heterocycles. The number of carbonyl (C=O) groups excluding carboxylic acids is 1. The maximum Gasteiger partial charge on any atom is 0.254 e. The van der Waals surface area contributed by atoms with Crippen molar-refractivity contribution in [2.24, 2.45) is 0 Å². The molecule has 0 radical (unpaired) electrons. The third-order valence-corrected chi connectivity index (χ3v) is 6.44. The van der Waals surface area contributed by atoms with Gasteiger partial charge in [-0.3, -0.25) is 4.79 Å². The first-order valence-corrected chi connectivity index (χ1v) is 10.8. The molecule has 6 heteroatoms. The highest BCUT2D eigenvalue weighted by Gasteiger charge is 2.35. The molecule has 3 heterocycles. The lowest BCUT2D eigenvalue weighted by Gasteiger charge is -2.40. The summed E-state index contributed by atoms with van der Waals surface area (Å²) in [6.07, 6.45) is 4.70. The molecule has 1 aromatic heterocycles. The number of hydrogen-bond acceptors (Lipinski definition) is 5. The first-order valence-electron chi connectivity index (χ1n) is 10.8. The van der Waals surface area contributed by atoms with E-state index in [0.29, 0.717) is 26.2 Å². The Morgan fingerprint density at radius 3 is 2.81 bits per heavy atom. The third kappa shape index (κ3) is 3.89. The number of aliphatic hydroxyl groups excluding tert-OH is 1. The maximum atomic E-state index is 13.3. The summed E-state index contributed by atoms with van der Waals surface area (Å²) in [5, 5.41) is 10.3. The zero-order chi connectivity index (χ0) is 21.4. The number of aliphatic hydroxyl groups is 1. The quantitative estimate of drug-likeness (QED) is 0.703. The van der Waals surface area contributed by atoms with Gasteiger partial charge in [0.15, 0.2) is 6.39 Å². The second-order valence-corrected chi connectivity index (χ2v) is 8.43. The molecule has 2 aliphatic rings. The van der Waals surface area contributed by atoms with Crippen LogP contribution >= 0.6 is 0 Å². The van der Waals surface area contributed by atoms with Crippen LogP contribution < -0.4 is 0 Å². The van der Waals surface area contributed by atoms with E-state index < -0.39 is 6.10 Å². The number of rotatable bonds is 4. The van der Waals surface area contributed by atoms with E-state index >= 15 is 0 Å². The predicted octanol–water partition coefficient (Wildman–Crippen LogP) is 3.39. The van der Waals surface area contributed by atoms with Gasteiger partial charge in [0.05, 0.1) is 18.8 Å². The number of fused-ring (bicyclic) bond motifs is 1. The molecule has 1 N–H and O–H groups in total. The van der Waals surface area contributed by atoms with Crippen LogP contribution in [0.4, 0.5) is 0 Å². The zero-order valence-electron chi connectivity index (χ0n) is 17.6. The summed E-state index contributed by atoms with van der Waals surface area (Å²) in [6, 6.07) is 12.3. The Bertz CT molecular complexity index is 1080. The van der Waals surface area contributed by atoms with E-state index in [4.69, 9.17) is 9.15 Å². The largest absolute Gasteiger partial charge is 0.451 e. The Labute approximate surface area is 181 Å². The lowest BCUT2D eigenvalue weighted by atomic mass is 9.89. The van der Waals surface area contributed by atoms with Crippen molar-refractivity contribution >= 4 is 5.91 Å². The van der Waals surface area contributed by atoms with Gasteiger partial charge in [0.25, 0.3) is 5.91 Å². The van der Waals surface area contributed by atoms with Gasteiger partial charge in [-0.1, -0.05) is 30.3 Å². The minimum absolute atomic E-state index is 0.0230. The van der Waals surface area contributed by atoms with Crippen molar-refractivity contribution in [1.82, 2.24) is 9.88 Å². The summed E-state index contributed by atoms with van der Waals surface area (Å²) in [5.41, 5.74) is 7.23. The molecule has 160 valence electrons. The van der Waals surface area contributed by atoms with Gasteiger partial charge in [-0.15, -0.1) is 0 Å². The molecule has 5 rings (SSSR count). The Kier molecular flexibility index (Phi) is 5.34. The van der Waals surface area contributed by atoms with E-state index in [0.717, 1.165) is 40.8 Å². The molecular weight excluding hydrogens is 392 g/mol. The van der Waals surface area contributed by atoms with Crippen molar-refractivity contribution in [2.45, 2.75) is 38.3 Å².